The number of carbonyl (C=O) groups is 2. The van der Waals surface area contributed by atoms with E-state index in [1.807, 2.05) is 35.0 Å². The van der Waals surface area contributed by atoms with Crippen LogP contribution in [0.25, 0.3) is 10.7 Å². The highest BCUT2D eigenvalue weighted by Crippen LogP contribution is 2.34. The molecule has 1 aliphatic carbocycles. The van der Waals surface area contributed by atoms with E-state index in [1.54, 1.807) is 4.90 Å². The van der Waals surface area contributed by atoms with Crippen LogP contribution in [-0.2, 0) is 20.9 Å². The number of hydrogen-bond donors (Lipinski definition) is 1. The van der Waals surface area contributed by atoms with E-state index < -0.39 is 6.04 Å². The molecule has 11 heteroatoms. The Morgan fingerprint density at radius 2 is 1.97 bits per heavy atom. The largest absolute Gasteiger partial charge is 0.376 e. The zero-order chi connectivity index (χ0) is 23.3. The average molecular weight is 501 g/mol. The number of aromatic nitrogens is 4. The molecule has 2 fully saturated rings. The van der Waals surface area contributed by atoms with Gasteiger partial charge in [-0.15, -0.1) is 32.9 Å². The Morgan fingerprint density at radius 3 is 2.68 bits per heavy atom. The number of rotatable bonds is 9. The molecule has 3 aromatic rings. The molecule has 2 atom stereocenters. The van der Waals surface area contributed by atoms with Gasteiger partial charge in [0.2, 0.25) is 17.6 Å². The van der Waals surface area contributed by atoms with Crippen molar-refractivity contribution in [1.82, 2.24) is 30.4 Å². The van der Waals surface area contributed by atoms with Gasteiger partial charge in [-0.3, -0.25) is 9.59 Å². The number of hydrogen-bond acceptors (Lipinski definition) is 8. The topological polar surface area (TPSA) is 102 Å². The maximum absolute atomic E-state index is 13.7. The van der Waals surface area contributed by atoms with Crippen molar-refractivity contribution in [3.63, 3.8) is 0 Å². The monoisotopic (exact) mass is 500 g/mol. The van der Waals surface area contributed by atoms with E-state index in [1.165, 1.54) is 27.5 Å². The molecule has 0 unspecified atom stereocenters. The average Bonchev–Trinajstić information content (AvgIpc) is 3.67. The molecule has 1 aliphatic heterocycles. The van der Waals surface area contributed by atoms with Gasteiger partial charge in [-0.05, 0) is 53.8 Å². The number of amides is 2. The SMILES string of the molecule is O=C(NC[C@@H]1CCCO1)[C@@H](c1cccs1)N(C(=O)Cn1nnc(-c2cccs2)n1)C1CCCC1. The first-order valence-corrected chi connectivity index (χ1v) is 13.5. The molecule has 180 valence electrons. The van der Waals surface area contributed by atoms with Crippen LogP contribution < -0.4 is 5.32 Å². The molecular formula is C23H28N6O3S2. The molecule has 0 bridgehead atoms. The van der Waals surface area contributed by atoms with Gasteiger partial charge in [-0.25, -0.2) is 0 Å². The summed E-state index contributed by atoms with van der Waals surface area (Å²) in [6, 6.07) is 7.02. The summed E-state index contributed by atoms with van der Waals surface area (Å²) in [7, 11) is 0. The van der Waals surface area contributed by atoms with Crippen LogP contribution in [0.15, 0.2) is 35.0 Å². The van der Waals surface area contributed by atoms with Gasteiger partial charge in [0.1, 0.15) is 12.6 Å². The summed E-state index contributed by atoms with van der Waals surface area (Å²) >= 11 is 3.02. The van der Waals surface area contributed by atoms with E-state index >= 15 is 0 Å². The smallest absolute Gasteiger partial charge is 0.248 e. The molecule has 5 rings (SSSR count). The van der Waals surface area contributed by atoms with Crippen molar-refractivity contribution in [2.24, 2.45) is 0 Å². The molecule has 2 aliphatic rings. The highest BCUT2D eigenvalue weighted by Gasteiger charge is 2.38. The second-order valence-corrected chi connectivity index (χ2v) is 10.6. The first-order chi connectivity index (χ1) is 16.7. The fourth-order valence-corrected chi connectivity index (χ4v) is 6.18. The lowest BCUT2D eigenvalue weighted by Gasteiger charge is -2.35. The molecule has 1 saturated carbocycles. The summed E-state index contributed by atoms with van der Waals surface area (Å²) in [5, 5.41) is 19.5. The molecule has 9 nitrogen and oxygen atoms in total. The van der Waals surface area contributed by atoms with Gasteiger partial charge >= 0.3 is 0 Å². The lowest BCUT2D eigenvalue weighted by Crippen LogP contribution is -2.49. The number of nitrogens with one attached hydrogen (secondary N) is 1. The first kappa shape index (κ1) is 23.1. The van der Waals surface area contributed by atoms with E-state index in [4.69, 9.17) is 4.74 Å². The first-order valence-electron chi connectivity index (χ1n) is 11.7. The quantitative estimate of drug-likeness (QED) is 0.484. The summed E-state index contributed by atoms with van der Waals surface area (Å²) < 4.78 is 5.67. The van der Waals surface area contributed by atoms with Gasteiger partial charge < -0.3 is 15.0 Å². The van der Waals surface area contributed by atoms with Crippen molar-refractivity contribution in [1.29, 1.82) is 0 Å². The number of ether oxygens (including phenoxy) is 1. The predicted molar refractivity (Wildman–Crippen MR) is 129 cm³/mol. The predicted octanol–water partition coefficient (Wildman–Crippen LogP) is 3.27. The summed E-state index contributed by atoms with van der Waals surface area (Å²) in [6.07, 6.45) is 5.87. The van der Waals surface area contributed by atoms with Crippen LogP contribution in [0.5, 0.6) is 0 Å². The van der Waals surface area contributed by atoms with Crippen LogP contribution in [0, 0.1) is 0 Å². The third-order valence-corrected chi connectivity index (χ3v) is 8.13. The Balaban J connectivity index is 1.37. The van der Waals surface area contributed by atoms with Crippen LogP contribution in [0.1, 0.15) is 49.4 Å². The number of tetrazole rings is 1. The maximum atomic E-state index is 13.7. The standard InChI is InChI=1S/C23H28N6O3S2/c30-20(15-28-26-22(25-27-28)19-10-5-13-34-19)29(16-6-1-2-7-16)21(18-9-4-12-33-18)23(31)24-14-17-8-3-11-32-17/h4-5,9-10,12-13,16-17,21H,1-3,6-8,11,14-15H2,(H,24,31)/t17-,21+/m0/s1. The summed E-state index contributed by atoms with van der Waals surface area (Å²) in [6.45, 7) is 1.14. The van der Waals surface area contributed by atoms with Gasteiger partial charge in [0.15, 0.2) is 0 Å². The minimum Gasteiger partial charge on any atom is -0.376 e. The Morgan fingerprint density at radius 1 is 1.15 bits per heavy atom. The molecule has 4 heterocycles. The highest BCUT2D eigenvalue weighted by atomic mass is 32.1. The van der Waals surface area contributed by atoms with Crippen molar-refractivity contribution in [2.45, 2.75) is 63.3 Å². The molecule has 0 radical (unpaired) electrons. The molecule has 34 heavy (non-hydrogen) atoms. The maximum Gasteiger partial charge on any atom is 0.248 e. The molecular weight excluding hydrogens is 472 g/mol. The van der Waals surface area contributed by atoms with Crippen molar-refractivity contribution in [3.8, 4) is 10.7 Å². The molecule has 3 aromatic heterocycles. The Bertz CT molecular complexity index is 1070. The van der Waals surface area contributed by atoms with E-state index in [0.29, 0.717) is 12.4 Å². The van der Waals surface area contributed by atoms with E-state index in [2.05, 4.69) is 20.7 Å². The third kappa shape index (κ3) is 5.21. The van der Waals surface area contributed by atoms with E-state index in [-0.39, 0.29) is 30.5 Å². The molecule has 0 spiro atoms. The summed E-state index contributed by atoms with van der Waals surface area (Å²) in [4.78, 5) is 32.1. The van der Waals surface area contributed by atoms with Gasteiger partial charge in [0.05, 0.1) is 11.0 Å². The second-order valence-electron chi connectivity index (χ2n) is 8.66. The van der Waals surface area contributed by atoms with Gasteiger partial charge in [0, 0.05) is 24.1 Å². The summed E-state index contributed by atoms with van der Waals surface area (Å²) in [5.41, 5.74) is 0. The molecule has 2 amide bonds. The van der Waals surface area contributed by atoms with Crippen molar-refractivity contribution in [2.75, 3.05) is 13.2 Å². The van der Waals surface area contributed by atoms with E-state index in [9.17, 15) is 9.59 Å². The Kier molecular flexibility index (Phi) is 7.31. The van der Waals surface area contributed by atoms with Crippen LogP contribution in [0.4, 0.5) is 0 Å². The summed E-state index contributed by atoms with van der Waals surface area (Å²) in [5.74, 6) is 0.163. The van der Waals surface area contributed by atoms with Crippen LogP contribution in [0.2, 0.25) is 0 Å². The lowest BCUT2D eigenvalue weighted by molar-refractivity contribution is -0.144. The minimum atomic E-state index is -0.683. The number of carbonyl (C=O) groups excluding carboxylic acids is 2. The Labute approximate surface area is 206 Å². The number of nitrogens with zero attached hydrogens (tertiary/aromatic N) is 5. The zero-order valence-corrected chi connectivity index (χ0v) is 20.5. The normalized spacial score (nSPS) is 19.4. The Hall–Kier alpha value is -2.63. The van der Waals surface area contributed by atoms with E-state index in [0.717, 1.165) is 54.9 Å². The lowest BCUT2D eigenvalue weighted by atomic mass is 10.1. The fraction of sp³-hybridized carbons (Fsp3) is 0.522. The van der Waals surface area contributed by atoms with Crippen molar-refractivity contribution in [3.05, 3.63) is 39.9 Å². The number of thiophene rings is 2. The van der Waals surface area contributed by atoms with Crippen LogP contribution in [0.3, 0.4) is 0 Å². The molecule has 0 aromatic carbocycles. The minimum absolute atomic E-state index is 0.00775. The van der Waals surface area contributed by atoms with Gasteiger partial charge in [-0.2, -0.15) is 4.80 Å². The molecule has 1 N–H and O–H groups in total. The molecule has 1 saturated heterocycles. The van der Waals surface area contributed by atoms with Crippen molar-refractivity contribution < 1.29 is 14.3 Å². The van der Waals surface area contributed by atoms with Gasteiger partial charge in [-0.1, -0.05) is 25.0 Å². The van der Waals surface area contributed by atoms with Gasteiger partial charge in [0.25, 0.3) is 0 Å². The van der Waals surface area contributed by atoms with Crippen molar-refractivity contribution >= 4 is 34.5 Å². The third-order valence-electron chi connectivity index (χ3n) is 6.34. The second kappa shape index (κ2) is 10.7. The fourth-order valence-electron chi connectivity index (χ4n) is 4.71. The highest BCUT2D eigenvalue weighted by molar-refractivity contribution is 7.13. The van der Waals surface area contributed by atoms with Crippen LogP contribution in [-0.4, -0.2) is 62.2 Å². The zero-order valence-electron chi connectivity index (χ0n) is 18.8. The van der Waals surface area contributed by atoms with Crippen LogP contribution >= 0.6 is 22.7 Å².